The predicted molar refractivity (Wildman–Crippen MR) is 66.6 cm³/mol. The van der Waals surface area contributed by atoms with Gasteiger partial charge in [-0.3, -0.25) is 14.2 Å². The van der Waals surface area contributed by atoms with E-state index in [-0.39, 0.29) is 12.5 Å². The van der Waals surface area contributed by atoms with E-state index in [2.05, 4.69) is 15.5 Å². The van der Waals surface area contributed by atoms with Gasteiger partial charge >= 0.3 is 0 Å². The summed E-state index contributed by atoms with van der Waals surface area (Å²) in [6, 6.07) is 1.92. The Morgan fingerprint density at radius 3 is 2.94 bits per heavy atom. The highest BCUT2D eigenvalue weighted by Gasteiger charge is 2.04. The zero-order valence-corrected chi connectivity index (χ0v) is 10.2. The second-order valence-corrected chi connectivity index (χ2v) is 4.02. The number of nitrogen functional groups attached to an aromatic ring is 1. The molecule has 0 aromatic carbocycles. The highest BCUT2D eigenvalue weighted by atomic mass is 16.2. The fourth-order valence-corrected chi connectivity index (χ4v) is 1.60. The van der Waals surface area contributed by atoms with Gasteiger partial charge in [-0.05, 0) is 13.0 Å². The summed E-state index contributed by atoms with van der Waals surface area (Å²) >= 11 is 0. The molecule has 0 aliphatic rings. The number of amides is 1. The fourth-order valence-electron chi connectivity index (χ4n) is 1.60. The van der Waals surface area contributed by atoms with E-state index in [9.17, 15) is 4.79 Å². The zero-order valence-electron chi connectivity index (χ0n) is 10.2. The number of nitrogens with zero attached hydrogens (tertiary/aromatic N) is 4. The largest absolute Gasteiger partial charge is 0.396 e. The molecule has 0 unspecified atom stereocenters. The van der Waals surface area contributed by atoms with Crippen LogP contribution in [0.2, 0.25) is 0 Å². The van der Waals surface area contributed by atoms with Crippen molar-refractivity contribution in [2.45, 2.75) is 20.0 Å². The van der Waals surface area contributed by atoms with Gasteiger partial charge in [0.25, 0.3) is 0 Å². The summed E-state index contributed by atoms with van der Waals surface area (Å²) in [5, 5.41) is 10.9. The molecule has 0 spiro atoms. The average molecular weight is 248 g/mol. The Balaban J connectivity index is 1.74. The van der Waals surface area contributed by atoms with E-state index in [0.29, 0.717) is 18.8 Å². The number of rotatable bonds is 5. The number of aryl methyl sites for hydroxylation is 1. The van der Waals surface area contributed by atoms with Crippen molar-refractivity contribution in [2.24, 2.45) is 0 Å². The third kappa shape index (κ3) is 3.09. The average Bonchev–Trinajstić information content (AvgIpc) is 2.89. The van der Waals surface area contributed by atoms with Crippen LogP contribution < -0.4 is 11.1 Å². The fraction of sp³-hybridized carbons (Fsp3) is 0.364. The summed E-state index contributed by atoms with van der Waals surface area (Å²) in [4.78, 5) is 11.6. The van der Waals surface area contributed by atoms with E-state index >= 15 is 0 Å². The van der Waals surface area contributed by atoms with E-state index < -0.39 is 0 Å². The Hall–Kier alpha value is -2.31. The standard InChI is InChI=1S/C11H16N6O/c1-9-2-3-14-17(9)5-4-13-11(18)8-16-7-10(12)6-15-16/h2-3,6-7H,4-5,8,12H2,1H3,(H,13,18). The first-order chi connectivity index (χ1) is 8.65. The van der Waals surface area contributed by atoms with Gasteiger partial charge in [-0.15, -0.1) is 0 Å². The van der Waals surface area contributed by atoms with Crippen LogP contribution in [0.5, 0.6) is 0 Å². The van der Waals surface area contributed by atoms with Crippen LogP contribution in [0.1, 0.15) is 5.69 Å². The number of carbonyl (C=O) groups excluding carboxylic acids is 1. The first kappa shape index (κ1) is 12.2. The molecule has 96 valence electrons. The van der Waals surface area contributed by atoms with E-state index in [1.54, 1.807) is 12.4 Å². The molecule has 18 heavy (non-hydrogen) atoms. The van der Waals surface area contributed by atoms with Crippen LogP contribution in [-0.4, -0.2) is 32.0 Å². The van der Waals surface area contributed by atoms with Gasteiger partial charge < -0.3 is 11.1 Å². The molecular weight excluding hydrogens is 232 g/mol. The number of hydrogen-bond acceptors (Lipinski definition) is 4. The summed E-state index contributed by atoms with van der Waals surface area (Å²) in [5.41, 5.74) is 7.13. The highest BCUT2D eigenvalue weighted by Crippen LogP contribution is 1.97. The molecule has 0 fully saturated rings. The van der Waals surface area contributed by atoms with Crippen molar-refractivity contribution < 1.29 is 4.79 Å². The van der Waals surface area contributed by atoms with Crippen molar-refractivity contribution in [2.75, 3.05) is 12.3 Å². The zero-order chi connectivity index (χ0) is 13.0. The van der Waals surface area contributed by atoms with Crippen LogP contribution in [0.3, 0.4) is 0 Å². The van der Waals surface area contributed by atoms with Crippen LogP contribution in [0.25, 0.3) is 0 Å². The maximum Gasteiger partial charge on any atom is 0.241 e. The Labute approximate surface area is 105 Å². The van der Waals surface area contributed by atoms with Gasteiger partial charge in [-0.25, -0.2) is 0 Å². The summed E-state index contributed by atoms with van der Waals surface area (Å²) in [6.07, 6.45) is 4.88. The van der Waals surface area contributed by atoms with Crippen molar-refractivity contribution >= 4 is 11.6 Å². The lowest BCUT2D eigenvalue weighted by atomic mass is 10.4. The SMILES string of the molecule is Cc1ccnn1CCNC(=O)Cn1cc(N)cn1. The minimum atomic E-state index is -0.0945. The first-order valence-electron chi connectivity index (χ1n) is 5.68. The van der Waals surface area contributed by atoms with Crippen molar-refractivity contribution in [3.63, 3.8) is 0 Å². The van der Waals surface area contributed by atoms with Gasteiger partial charge in [0, 0.05) is 24.6 Å². The van der Waals surface area contributed by atoms with Crippen molar-refractivity contribution in [3.05, 3.63) is 30.4 Å². The molecule has 2 heterocycles. The van der Waals surface area contributed by atoms with Gasteiger partial charge in [0.05, 0.1) is 18.4 Å². The number of aromatic nitrogens is 4. The Bertz CT molecular complexity index is 529. The molecule has 0 aliphatic heterocycles. The second-order valence-electron chi connectivity index (χ2n) is 4.02. The molecule has 0 radical (unpaired) electrons. The molecule has 2 aromatic rings. The van der Waals surface area contributed by atoms with Crippen LogP contribution in [0.4, 0.5) is 5.69 Å². The van der Waals surface area contributed by atoms with E-state index in [1.807, 2.05) is 17.7 Å². The molecule has 0 atom stereocenters. The Kier molecular flexibility index (Phi) is 3.61. The van der Waals surface area contributed by atoms with Crippen molar-refractivity contribution in [1.29, 1.82) is 0 Å². The lowest BCUT2D eigenvalue weighted by molar-refractivity contribution is -0.121. The number of nitrogens with two attached hydrogens (primary N) is 1. The van der Waals surface area contributed by atoms with Gasteiger partial charge in [0.2, 0.25) is 5.91 Å². The van der Waals surface area contributed by atoms with Crippen LogP contribution in [0, 0.1) is 6.92 Å². The molecule has 1 amide bonds. The molecule has 0 saturated carbocycles. The maximum absolute atomic E-state index is 11.6. The van der Waals surface area contributed by atoms with Crippen LogP contribution >= 0.6 is 0 Å². The summed E-state index contributed by atoms with van der Waals surface area (Å²) < 4.78 is 3.34. The van der Waals surface area contributed by atoms with Crippen molar-refractivity contribution in [1.82, 2.24) is 24.9 Å². The molecule has 2 aromatic heterocycles. The lowest BCUT2D eigenvalue weighted by Crippen LogP contribution is -2.31. The smallest absolute Gasteiger partial charge is 0.241 e. The van der Waals surface area contributed by atoms with Crippen LogP contribution in [-0.2, 0) is 17.9 Å². The number of anilines is 1. The maximum atomic E-state index is 11.6. The van der Waals surface area contributed by atoms with Crippen LogP contribution in [0.15, 0.2) is 24.7 Å². The molecule has 7 heteroatoms. The second kappa shape index (κ2) is 5.35. The third-order valence-electron chi connectivity index (χ3n) is 2.53. The summed E-state index contributed by atoms with van der Waals surface area (Å²) in [6.45, 7) is 3.35. The van der Waals surface area contributed by atoms with Gasteiger partial charge in [-0.2, -0.15) is 10.2 Å². The monoisotopic (exact) mass is 248 g/mol. The van der Waals surface area contributed by atoms with Gasteiger partial charge in [0.15, 0.2) is 0 Å². The minimum Gasteiger partial charge on any atom is -0.396 e. The highest BCUT2D eigenvalue weighted by molar-refractivity contribution is 5.75. The molecule has 0 aliphatic carbocycles. The third-order valence-corrected chi connectivity index (χ3v) is 2.53. The first-order valence-corrected chi connectivity index (χ1v) is 5.68. The van der Waals surface area contributed by atoms with E-state index in [0.717, 1.165) is 5.69 Å². The molecule has 0 saturated heterocycles. The summed E-state index contributed by atoms with van der Waals surface area (Å²) in [7, 11) is 0. The summed E-state index contributed by atoms with van der Waals surface area (Å²) in [5.74, 6) is -0.0945. The predicted octanol–water partition coefficient (Wildman–Crippen LogP) is -0.213. The lowest BCUT2D eigenvalue weighted by Gasteiger charge is -2.06. The molecule has 3 N–H and O–H groups in total. The molecule has 0 bridgehead atoms. The van der Waals surface area contributed by atoms with Gasteiger partial charge in [0.1, 0.15) is 6.54 Å². The Morgan fingerprint density at radius 2 is 2.33 bits per heavy atom. The molecular formula is C11H16N6O. The normalized spacial score (nSPS) is 10.5. The number of carbonyl (C=O) groups is 1. The van der Waals surface area contributed by atoms with Gasteiger partial charge in [-0.1, -0.05) is 0 Å². The number of nitrogens with one attached hydrogen (secondary N) is 1. The Morgan fingerprint density at radius 1 is 1.50 bits per heavy atom. The quantitative estimate of drug-likeness (QED) is 0.765. The minimum absolute atomic E-state index is 0.0945. The van der Waals surface area contributed by atoms with Crippen molar-refractivity contribution in [3.8, 4) is 0 Å². The molecule has 7 nitrogen and oxygen atoms in total. The molecule has 2 rings (SSSR count). The van der Waals surface area contributed by atoms with E-state index in [1.165, 1.54) is 10.9 Å². The number of hydrogen-bond donors (Lipinski definition) is 2. The van der Waals surface area contributed by atoms with E-state index in [4.69, 9.17) is 5.73 Å². The topological polar surface area (TPSA) is 90.8 Å².